The summed E-state index contributed by atoms with van der Waals surface area (Å²) in [6.45, 7) is 6.67. The van der Waals surface area contributed by atoms with E-state index in [-0.39, 0.29) is 23.3 Å². The van der Waals surface area contributed by atoms with Crippen LogP contribution in [0.4, 0.5) is 4.79 Å². The van der Waals surface area contributed by atoms with Crippen molar-refractivity contribution in [3.8, 4) is 5.69 Å². The molecule has 8 nitrogen and oxygen atoms in total. The fourth-order valence-corrected chi connectivity index (χ4v) is 5.87. The summed E-state index contributed by atoms with van der Waals surface area (Å²) in [5.41, 5.74) is 6.08. The smallest absolute Gasteiger partial charge is 0.338 e. The molecular formula is C30H29N3O5S. The van der Waals surface area contributed by atoms with E-state index in [9.17, 15) is 19.2 Å². The first-order chi connectivity index (χ1) is 18.8. The van der Waals surface area contributed by atoms with Crippen LogP contribution in [0.15, 0.2) is 59.5 Å². The molecule has 39 heavy (non-hydrogen) atoms. The van der Waals surface area contributed by atoms with Gasteiger partial charge in [0.15, 0.2) is 0 Å². The van der Waals surface area contributed by atoms with Crippen LogP contribution in [0.3, 0.4) is 0 Å². The quantitative estimate of drug-likeness (QED) is 0.325. The van der Waals surface area contributed by atoms with Crippen LogP contribution >= 0.6 is 11.8 Å². The van der Waals surface area contributed by atoms with E-state index in [1.165, 1.54) is 5.56 Å². The minimum Gasteiger partial charge on any atom is -0.462 e. The van der Waals surface area contributed by atoms with Crippen molar-refractivity contribution in [1.82, 2.24) is 14.4 Å². The highest BCUT2D eigenvalue weighted by atomic mass is 32.2. The minimum atomic E-state index is -0.468. The fraction of sp³-hybridized carbons (Fsp3) is 0.267. The van der Waals surface area contributed by atoms with Crippen molar-refractivity contribution < 1.29 is 23.9 Å². The predicted molar refractivity (Wildman–Crippen MR) is 149 cm³/mol. The van der Waals surface area contributed by atoms with E-state index in [0.717, 1.165) is 51.3 Å². The van der Waals surface area contributed by atoms with Crippen molar-refractivity contribution in [1.29, 1.82) is 0 Å². The number of carbonyl (C=O) groups excluding carboxylic acids is 4. The third-order valence-corrected chi connectivity index (χ3v) is 7.93. The van der Waals surface area contributed by atoms with E-state index in [0.29, 0.717) is 25.3 Å². The van der Waals surface area contributed by atoms with Crippen LogP contribution in [0.1, 0.15) is 45.4 Å². The first kappa shape index (κ1) is 26.5. The third kappa shape index (κ3) is 5.27. The number of hydrogen-bond acceptors (Lipinski definition) is 6. The molecule has 9 heteroatoms. The number of nitrogens with zero attached hydrogens (tertiary/aromatic N) is 3. The summed E-state index contributed by atoms with van der Waals surface area (Å²) in [6, 6.07) is 17.1. The standard InChI is InChI=1S/C30H29N3O5S/c1-4-38-29(36)22-10-7-11-25(15-22)33-19(2)14-24(20(33)3)16-26-28(35)32(30(37)39-26)18-27(34)31-13-12-21-8-5-6-9-23(21)17-31/h5-11,14-16H,4,12-13,17-18H2,1-3H3/b26-16-. The average Bonchev–Trinajstić information content (AvgIpc) is 3.36. The first-order valence-corrected chi connectivity index (χ1v) is 13.6. The Balaban J connectivity index is 1.33. The topological polar surface area (TPSA) is 88.9 Å². The van der Waals surface area contributed by atoms with E-state index in [1.807, 2.05) is 48.7 Å². The molecule has 2 aliphatic heterocycles. The summed E-state index contributed by atoms with van der Waals surface area (Å²) < 4.78 is 7.11. The molecule has 1 saturated heterocycles. The number of aromatic nitrogens is 1. The zero-order valence-electron chi connectivity index (χ0n) is 22.1. The molecule has 3 heterocycles. The molecule has 0 saturated carbocycles. The Bertz CT molecular complexity index is 1520. The second kappa shape index (κ2) is 10.9. The van der Waals surface area contributed by atoms with Gasteiger partial charge in [0.2, 0.25) is 5.91 Å². The second-order valence-corrected chi connectivity index (χ2v) is 10.5. The number of ether oxygens (including phenoxy) is 1. The number of aryl methyl sites for hydroxylation is 1. The number of thioether (sulfide) groups is 1. The Morgan fingerprint density at radius 1 is 1.03 bits per heavy atom. The fourth-order valence-electron chi connectivity index (χ4n) is 5.04. The molecule has 0 unspecified atom stereocenters. The van der Waals surface area contributed by atoms with Gasteiger partial charge in [-0.2, -0.15) is 0 Å². The molecular weight excluding hydrogens is 514 g/mol. The van der Waals surface area contributed by atoms with Gasteiger partial charge in [-0.3, -0.25) is 19.3 Å². The number of imide groups is 1. The van der Waals surface area contributed by atoms with Gasteiger partial charge in [0.1, 0.15) is 6.54 Å². The maximum atomic E-state index is 13.2. The van der Waals surface area contributed by atoms with Gasteiger partial charge in [0, 0.05) is 30.2 Å². The number of hydrogen-bond donors (Lipinski definition) is 0. The number of carbonyl (C=O) groups is 4. The number of fused-ring (bicyclic) bond motifs is 1. The Labute approximate surface area is 231 Å². The summed E-state index contributed by atoms with van der Waals surface area (Å²) in [4.78, 5) is 54.2. The Kier molecular flexibility index (Phi) is 7.43. The minimum absolute atomic E-state index is 0.243. The molecule has 0 N–H and O–H groups in total. The monoisotopic (exact) mass is 543 g/mol. The Morgan fingerprint density at radius 3 is 2.56 bits per heavy atom. The van der Waals surface area contributed by atoms with Crippen LogP contribution in [0.2, 0.25) is 0 Å². The van der Waals surface area contributed by atoms with Gasteiger partial charge in [0.05, 0.1) is 17.1 Å². The van der Waals surface area contributed by atoms with Gasteiger partial charge >= 0.3 is 5.97 Å². The van der Waals surface area contributed by atoms with Crippen molar-refractivity contribution in [2.75, 3.05) is 19.7 Å². The van der Waals surface area contributed by atoms with Gasteiger partial charge < -0.3 is 14.2 Å². The summed E-state index contributed by atoms with van der Waals surface area (Å²) in [5, 5.41) is -0.451. The molecule has 200 valence electrons. The lowest BCUT2D eigenvalue weighted by Gasteiger charge is -2.29. The van der Waals surface area contributed by atoms with E-state index >= 15 is 0 Å². The van der Waals surface area contributed by atoms with Crippen LogP contribution in [0.25, 0.3) is 11.8 Å². The molecule has 0 radical (unpaired) electrons. The van der Waals surface area contributed by atoms with Gasteiger partial charge in [0.25, 0.3) is 11.1 Å². The van der Waals surface area contributed by atoms with Crippen molar-refractivity contribution >= 4 is 40.9 Å². The highest BCUT2D eigenvalue weighted by Gasteiger charge is 2.37. The van der Waals surface area contributed by atoms with E-state index in [1.54, 1.807) is 36.1 Å². The molecule has 3 amide bonds. The molecule has 0 aliphatic carbocycles. The zero-order chi connectivity index (χ0) is 27.7. The molecule has 2 aliphatic rings. The molecule has 5 rings (SSSR count). The lowest BCUT2D eigenvalue weighted by atomic mass is 10.00. The lowest BCUT2D eigenvalue weighted by Crippen LogP contribution is -2.44. The second-order valence-electron chi connectivity index (χ2n) is 9.53. The van der Waals surface area contributed by atoms with Crippen molar-refractivity contribution in [3.63, 3.8) is 0 Å². The number of esters is 1. The first-order valence-electron chi connectivity index (χ1n) is 12.8. The molecule has 0 spiro atoms. The van der Waals surface area contributed by atoms with E-state index in [4.69, 9.17) is 4.74 Å². The largest absolute Gasteiger partial charge is 0.462 e. The number of benzene rings is 2. The van der Waals surface area contributed by atoms with Gasteiger partial charge in [-0.1, -0.05) is 30.3 Å². The van der Waals surface area contributed by atoms with Gasteiger partial charge in [-0.05, 0) is 86.0 Å². The maximum absolute atomic E-state index is 13.2. The summed E-state index contributed by atoms with van der Waals surface area (Å²) in [5.74, 6) is -1.10. The molecule has 1 fully saturated rings. The van der Waals surface area contributed by atoms with E-state index in [2.05, 4.69) is 6.07 Å². The lowest BCUT2D eigenvalue weighted by molar-refractivity contribution is -0.136. The Hall–Kier alpha value is -4.11. The third-order valence-electron chi connectivity index (χ3n) is 7.02. The maximum Gasteiger partial charge on any atom is 0.338 e. The SMILES string of the molecule is CCOC(=O)c1cccc(-n2c(C)cc(/C=C3\SC(=O)N(CC(=O)N4CCc5ccccc5C4)C3=O)c2C)c1. The zero-order valence-corrected chi connectivity index (χ0v) is 22.9. The van der Waals surface area contributed by atoms with Crippen LogP contribution < -0.4 is 0 Å². The van der Waals surface area contributed by atoms with E-state index < -0.39 is 11.1 Å². The summed E-state index contributed by atoms with van der Waals surface area (Å²) >= 11 is 0.843. The van der Waals surface area contributed by atoms with Gasteiger partial charge in [-0.25, -0.2) is 4.79 Å². The van der Waals surface area contributed by atoms with Crippen LogP contribution in [0.5, 0.6) is 0 Å². The highest BCUT2D eigenvalue weighted by Crippen LogP contribution is 2.34. The van der Waals surface area contributed by atoms with Crippen molar-refractivity contribution in [3.05, 3.63) is 93.1 Å². The van der Waals surface area contributed by atoms with Gasteiger partial charge in [-0.15, -0.1) is 0 Å². The van der Waals surface area contributed by atoms with Crippen LogP contribution in [0, 0.1) is 13.8 Å². The number of rotatable bonds is 6. The molecule has 0 bridgehead atoms. The van der Waals surface area contributed by atoms with Crippen LogP contribution in [-0.4, -0.2) is 57.1 Å². The normalized spacial score (nSPS) is 16.1. The van der Waals surface area contributed by atoms with Crippen LogP contribution in [-0.2, 0) is 27.3 Å². The number of amides is 3. The van der Waals surface area contributed by atoms with Crippen molar-refractivity contribution in [2.24, 2.45) is 0 Å². The Morgan fingerprint density at radius 2 is 1.79 bits per heavy atom. The molecule has 3 aromatic rings. The predicted octanol–water partition coefficient (Wildman–Crippen LogP) is 4.89. The molecule has 0 atom stereocenters. The average molecular weight is 544 g/mol. The molecule has 1 aromatic heterocycles. The summed E-state index contributed by atoms with van der Waals surface area (Å²) in [7, 11) is 0. The highest BCUT2D eigenvalue weighted by molar-refractivity contribution is 8.18. The molecule has 2 aromatic carbocycles. The van der Waals surface area contributed by atoms with Crippen molar-refractivity contribution in [2.45, 2.75) is 33.7 Å². The summed E-state index contributed by atoms with van der Waals surface area (Å²) in [6.07, 6.45) is 2.45.